The van der Waals surface area contributed by atoms with E-state index in [9.17, 15) is 0 Å². The van der Waals surface area contributed by atoms with E-state index in [4.69, 9.17) is 0 Å². The predicted molar refractivity (Wildman–Crippen MR) is 47.4 cm³/mol. The van der Waals surface area contributed by atoms with E-state index < -0.39 is 0 Å². The van der Waals surface area contributed by atoms with Gasteiger partial charge < -0.3 is 0 Å². The SMILES string of the molecule is B1=CBc2cbcbc21. The second-order valence-corrected chi connectivity index (χ2v) is 2.31. The van der Waals surface area contributed by atoms with Gasteiger partial charge in [-0.05, 0) is 0 Å². The molecule has 0 aromatic carbocycles. The Morgan fingerprint density at radius 3 is 3.33 bits per heavy atom. The monoisotopic (exact) mass is 108 g/mol. The maximum absolute atomic E-state index is 2.20. The Hall–Kier alpha value is -0.390. The van der Waals surface area contributed by atoms with E-state index in [1.807, 2.05) is 0 Å². The van der Waals surface area contributed by atoms with Gasteiger partial charge in [0.15, 0.2) is 0 Å². The van der Waals surface area contributed by atoms with E-state index in [-0.39, 0.29) is 0 Å². The first-order valence-corrected chi connectivity index (χ1v) is 3.21. The zero-order chi connectivity index (χ0) is 6.10. The number of fused-ring (bicyclic) bond motifs is 1. The summed E-state index contributed by atoms with van der Waals surface area (Å²) in [6.07, 6.45) is 0. The van der Waals surface area contributed by atoms with Crippen molar-refractivity contribution < 1.29 is 0 Å². The van der Waals surface area contributed by atoms with Crippen LogP contribution in [0.4, 0.5) is 0 Å². The van der Waals surface area contributed by atoms with Crippen LogP contribution in [0, 0.1) is 0 Å². The van der Waals surface area contributed by atoms with E-state index in [1.54, 1.807) is 0 Å². The van der Waals surface area contributed by atoms with Crippen molar-refractivity contribution in [3.8, 4) is 0 Å². The zero-order valence-corrected chi connectivity index (χ0v) is 5.17. The number of hydrogen-bond donors (Lipinski definition) is 0. The standard InChI is InChI=1S/C5H4B4/c1-4-5(8-2-6-1)9-3-7-4/h1-3,7H. The summed E-state index contributed by atoms with van der Waals surface area (Å²) in [5.41, 5.74) is 1.46. The molecule has 1 aromatic heterocycles. The molecule has 9 heavy (non-hydrogen) atoms. The quantitative estimate of drug-likeness (QED) is 0.322. The molecule has 0 amide bonds. The van der Waals surface area contributed by atoms with Crippen LogP contribution in [0.1, 0.15) is 0 Å². The summed E-state index contributed by atoms with van der Waals surface area (Å²) in [6, 6.07) is 0. The molecule has 0 spiro atoms. The van der Waals surface area contributed by atoms with Crippen molar-refractivity contribution in [1.29, 1.82) is 0 Å². The van der Waals surface area contributed by atoms with Crippen molar-refractivity contribution >= 4 is 44.7 Å². The van der Waals surface area contributed by atoms with E-state index in [0.717, 1.165) is 7.28 Å². The predicted octanol–water partition coefficient (Wildman–Crippen LogP) is -2.47. The molecule has 0 fully saturated rings. The van der Waals surface area contributed by atoms with Gasteiger partial charge in [-0.2, -0.15) is 0 Å². The summed E-state index contributed by atoms with van der Waals surface area (Å²) >= 11 is 0. The molecule has 0 bridgehead atoms. The first-order chi connectivity index (χ1) is 4.47. The third-order valence-corrected chi connectivity index (χ3v) is 1.69. The Morgan fingerprint density at radius 1 is 1.44 bits per heavy atom. The first-order valence-electron chi connectivity index (χ1n) is 3.21. The molecule has 0 unspecified atom stereocenters. The summed E-state index contributed by atoms with van der Waals surface area (Å²) < 4.78 is 0. The minimum absolute atomic E-state index is 1.12. The average Bonchev–Trinajstić information content (AvgIpc) is 2.33. The molecule has 0 aliphatic carbocycles. The topological polar surface area (TPSA) is 0 Å². The fraction of sp³-hybridized carbons (Fsp3) is 0. The molecule has 0 radical (unpaired) electrons. The van der Waals surface area contributed by atoms with E-state index >= 15 is 0 Å². The molecule has 1 aliphatic heterocycles. The molecule has 1 aliphatic rings. The van der Waals surface area contributed by atoms with Crippen LogP contribution >= 0.6 is 0 Å². The van der Waals surface area contributed by atoms with E-state index in [1.165, 1.54) is 10.8 Å². The van der Waals surface area contributed by atoms with Crippen molar-refractivity contribution in [2.24, 2.45) is 0 Å². The Bertz CT molecular complexity index is 255. The Kier molecular flexibility index (Phi) is 1.25. The summed E-state index contributed by atoms with van der Waals surface area (Å²) in [5, 5.41) is 1.39. The van der Waals surface area contributed by atoms with Gasteiger partial charge in [0.25, 0.3) is 0 Å². The van der Waals surface area contributed by atoms with Crippen LogP contribution in [0.3, 0.4) is 0 Å². The van der Waals surface area contributed by atoms with Crippen LogP contribution in [0.5, 0.6) is 0 Å². The number of hydrogen-bond acceptors (Lipinski definition) is 0. The van der Waals surface area contributed by atoms with Crippen LogP contribution < -0.4 is 10.8 Å². The Balaban J connectivity index is 2.63. The Labute approximate surface area is 57.3 Å². The molecule has 0 atom stereocenters. The van der Waals surface area contributed by atoms with Crippen molar-refractivity contribution in [3.05, 3.63) is 11.8 Å². The van der Waals surface area contributed by atoms with Crippen molar-refractivity contribution in [2.45, 2.75) is 0 Å². The van der Waals surface area contributed by atoms with Crippen LogP contribution in [0.2, 0.25) is 0 Å². The molecule has 4 heteroatoms. The molecule has 0 nitrogen and oxygen atoms in total. The molecule has 1 aromatic rings. The summed E-state index contributed by atoms with van der Waals surface area (Å²) in [6.45, 7) is 6.42. The molecule has 2 rings (SSSR count). The maximum atomic E-state index is 2.20. The molecular formula is C5H4B4. The first kappa shape index (κ1) is 5.40. The number of rotatable bonds is 0. The normalized spacial score (nSPS) is 11.1. The summed E-state index contributed by atoms with van der Waals surface area (Å²) in [7, 11) is 1.12. The molecule has 2 heterocycles. The van der Waals surface area contributed by atoms with Gasteiger partial charge in [0.2, 0.25) is 0 Å². The van der Waals surface area contributed by atoms with Gasteiger partial charge in [-0.25, -0.2) is 0 Å². The third-order valence-electron chi connectivity index (χ3n) is 1.69. The van der Waals surface area contributed by atoms with Crippen molar-refractivity contribution in [3.63, 3.8) is 0 Å². The van der Waals surface area contributed by atoms with Gasteiger partial charge >= 0.3 is 56.5 Å². The van der Waals surface area contributed by atoms with Crippen LogP contribution in [-0.2, 0) is 0 Å². The molecule has 0 saturated heterocycles. The average molecular weight is 107 g/mol. The summed E-state index contributed by atoms with van der Waals surface area (Å²) in [4.78, 5) is 0. The third kappa shape index (κ3) is 0.868. The molecule has 0 N–H and O–H groups in total. The fourth-order valence-electron chi connectivity index (χ4n) is 1.20. The van der Waals surface area contributed by atoms with Crippen LogP contribution in [-0.4, -0.2) is 33.9 Å². The molecule has 0 saturated carbocycles. The summed E-state index contributed by atoms with van der Waals surface area (Å²) in [5.74, 6) is 6.45. The van der Waals surface area contributed by atoms with Crippen LogP contribution in [0.15, 0.2) is 11.8 Å². The zero-order valence-electron chi connectivity index (χ0n) is 5.17. The van der Waals surface area contributed by atoms with Gasteiger partial charge in [0.1, 0.15) is 0 Å². The van der Waals surface area contributed by atoms with Gasteiger partial charge in [-0.1, -0.05) is 0 Å². The second kappa shape index (κ2) is 2.09. The Morgan fingerprint density at radius 2 is 2.44 bits per heavy atom. The van der Waals surface area contributed by atoms with Gasteiger partial charge in [0.05, 0.1) is 0 Å². The molecular weight excluding hydrogens is 103 g/mol. The van der Waals surface area contributed by atoms with E-state index in [0.29, 0.717) is 0 Å². The molecule has 36 valence electrons. The van der Waals surface area contributed by atoms with E-state index in [2.05, 4.69) is 38.4 Å². The second-order valence-electron chi connectivity index (χ2n) is 2.31. The van der Waals surface area contributed by atoms with Gasteiger partial charge in [-0.3, -0.25) is 0 Å². The van der Waals surface area contributed by atoms with Crippen molar-refractivity contribution in [2.75, 3.05) is 0 Å². The van der Waals surface area contributed by atoms with Crippen molar-refractivity contribution in [1.82, 2.24) is 0 Å². The van der Waals surface area contributed by atoms with Gasteiger partial charge in [0, 0.05) is 0 Å². The fourth-order valence-corrected chi connectivity index (χ4v) is 1.20. The van der Waals surface area contributed by atoms with Gasteiger partial charge in [-0.15, -0.1) is 0 Å². The minimum atomic E-state index is 1.12. The van der Waals surface area contributed by atoms with Crippen LogP contribution in [0.25, 0.3) is 0 Å².